The predicted octanol–water partition coefficient (Wildman–Crippen LogP) is 3.05. The van der Waals surface area contributed by atoms with Crippen LogP contribution in [0.3, 0.4) is 0 Å². The summed E-state index contributed by atoms with van der Waals surface area (Å²) in [4.78, 5) is 16.7. The van der Waals surface area contributed by atoms with Gasteiger partial charge in [-0.25, -0.2) is 4.79 Å². The molecular formula is C19H31N3O3. The number of ether oxygens (including phenoxy) is 2. The zero-order valence-electron chi connectivity index (χ0n) is 15.8. The Morgan fingerprint density at radius 3 is 2.72 bits per heavy atom. The van der Waals surface area contributed by atoms with E-state index in [-0.39, 0.29) is 18.2 Å². The van der Waals surface area contributed by atoms with Gasteiger partial charge in [-0.2, -0.15) is 0 Å². The molecule has 0 aromatic heterocycles. The van der Waals surface area contributed by atoms with Gasteiger partial charge in [0.05, 0.1) is 17.9 Å². The van der Waals surface area contributed by atoms with E-state index in [4.69, 9.17) is 9.47 Å². The highest BCUT2D eigenvalue weighted by Gasteiger charge is 2.23. The molecule has 1 atom stereocenters. The van der Waals surface area contributed by atoms with Crippen molar-refractivity contribution in [2.45, 2.75) is 38.9 Å². The number of hydrogen-bond acceptors (Lipinski definition) is 4. The van der Waals surface area contributed by atoms with Crippen LogP contribution in [0.2, 0.25) is 0 Å². The normalized spacial score (nSPS) is 17.1. The zero-order valence-corrected chi connectivity index (χ0v) is 15.8. The van der Waals surface area contributed by atoms with Crippen LogP contribution in [0.5, 0.6) is 5.75 Å². The molecule has 1 aliphatic heterocycles. The summed E-state index contributed by atoms with van der Waals surface area (Å²) in [7, 11) is 4.02. The standard InChI is InChI=1S/C19H31N3O3/c1-15(2)25-18-10-6-5-9-17(18)20-19(23)22(12-11-21(3)4)14-16-8-7-13-24-16/h5-6,9-10,15-16H,7-8,11-14H2,1-4H3,(H,20,23)/t16-/m1/s1. The number of rotatable bonds is 8. The number of benzene rings is 1. The van der Waals surface area contributed by atoms with Crippen LogP contribution in [0.15, 0.2) is 24.3 Å². The average Bonchev–Trinajstić information content (AvgIpc) is 3.05. The third-order valence-corrected chi connectivity index (χ3v) is 4.04. The first kappa shape index (κ1) is 19.5. The van der Waals surface area contributed by atoms with E-state index < -0.39 is 0 Å². The van der Waals surface area contributed by atoms with E-state index in [1.54, 1.807) is 0 Å². The van der Waals surface area contributed by atoms with Crippen molar-refractivity contribution in [3.8, 4) is 5.75 Å². The zero-order chi connectivity index (χ0) is 18.2. The Kier molecular flexibility index (Phi) is 7.52. The molecule has 0 unspecified atom stereocenters. The number of likely N-dealkylation sites (N-methyl/N-ethyl adjacent to an activating group) is 1. The van der Waals surface area contributed by atoms with Crippen LogP contribution in [-0.2, 0) is 4.74 Å². The molecule has 1 aromatic rings. The van der Waals surface area contributed by atoms with E-state index in [1.807, 2.05) is 57.1 Å². The number of urea groups is 1. The van der Waals surface area contributed by atoms with Crippen molar-refractivity contribution >= 4 is 11.7 Å². The van der Waals surface area contributed by atoms with Crippen molar-refractivity contribution in [3.05, 3.63) is 24.3 Å². The van der Waals surface area contributed by atoms with E-state index in [1.165, 1.54) is 0 Å². The smallest absolute Gasteiger partial charge is 0.322 e. The van der Waals surface area contributed by atoms with Gasteiger partial charge in [-0.05, 0) is 52.9 Å². The summed E-state index contributed by atoms with van der Waals surface area (Å²) < 4.78 is 11.5. The summed E-state index contributed by atoms with van der Waals surface area (Å²) in [5, 5.41) is 3.00. The van der Waals surface area contributed by atoms with Crippen LogP contribution in [0.4, 0.5) is 10.5 Å². The van der Waals surface area contributed by atoms with Gasteiger partial charge >= 0.3 is 6.03 Å². The molecule has 0 radical (unpaired) electrons. The van der Waals surface area contributed by atoms with Crippen LogP contribution in [0, 0.1) is 0 Å². The van der Waals surface area contributed by atoms with Crippen LogP contribution in [0.25, 0.3) is 0 Å². The number of amides is 2. The summed E-state index contributed by atoms with van der Waals surface area (Å²) in [6.07, 6.45) is 2.27. The van der Waals surface area contributed by atoms with Crippen molar-refractivity contribution in [2.24, 2.45) is 0 Å². The molecule has 1 saturated heterocycles. The third kappa shape index (κ3) is 6.55. The second-order valence-electron chi connectivity index (χ2n) is 6.98. The highest BCUT2D eigenvalue weighted by Crippen LogP contribution is 2.25. The van der Waals surface area contributed by atoms with Gasteiger partial charge in [0.25, 0.3) is 0 Å². The van der Waals surface area contributed by atoms with Crippen LogP contribution < -0.4 is 10.1 Å². The number of nitrogens with zero attached hydrogens (tertiary/aromatic N) is 2. The monoisotopic (exact) mass is 349 g/mol. The van der Waals surface area contributed by atoms with Crippen LogP contribution in [-0.4, -0.2) is 68.4 Å². The van der Waals surface area contributed by atoms with E-state index in [0.29, 0.717) is 24.5 Å². The van der Waals surface area contributed by atoms with Crippen molar-refractivity contribution in [1.82, 2.24) is 9.80 Å². The van der Waals surface area contributed by atoms with Gasteiger partial charge < -0.3 is 24.6 Å². The molecule has 6 heteroatoms. The molecule has 0 spiro atoms. The minimum Gasteiger partial charge on any atom is -0.489 e. The van der Waals surface area contributed by atoms with Crippen molar-refractivity contribution in [1.29, 1.82) is 0 Å². The maximum absolute atomic E-state index is 12.8. The summed E-state index contributed by atoms with van der Waals surface area (Å²) >= 11 is 0. The lowest BCUT2D eigenvalue weighted by Crippen LogP contribution is -2.43. The fraction of sp³-hybridized carbons (Fsp3) is 0.632. The quantitative estimate of drug-likeness (QED) is 0.784. The Hall–Kier alpha value is -1.79. The highest BCUT2D eigenvalue weighted by atomic mass is 16.5. The fourth-order valence-electron chi connectivity index (χ4n) is 2.75. The van der Waals surface area contributed by atoms with Gasteiger partial charge in [0.2, 0.25) is 0 Å². The van der Waals surface area contributed by atoms with Crippen molar-refractivity contribution in [3.63, 3.8) is 0 Å². The Bertz CT molecular complexity index is 542. The third-order valence-electron chi connectivity index (χ3n) is 4.04. The molecule has 1 heterocycles. The second kappa shape index (κ2) is 9.63. The minimum absolute atomic E-state index is 0.0507. The van der Waals surface area contributed by atoms with Gasteiger partial charge in [-0.15, -0.1) is 0 Å². The number of carbonyl (C=O) groups is 1. The topological polar surface area (TPSA) is 54.0 Å². The number of hydrogen-bond donors (Lipinski definition) is 1. The number of anilines is 1. The van der Waals surface area contributed by atoms with Gasteiger partial charge in [0.15, 0.2) is 0 Å². The number of carbonyl (C=O) groups excluding carboxylic acids is 1. The average molecular weight is 349 g/mol. The van der Waals surface area contributed by atoms with Gasteiger partial charge in [0, 0.05) is 26.2 Å². The SMILES string of the molecule is CC(C)Oc1ccccc1NC(=O)N(CCN(C)C)C[C@H]1CCCO1. The molecule has 0 bridgehead atoms. The lowest BCUT2D eigenvalue weighted by molar-refractivity contribution is 0.0820. The minimum atomic E-state index is -0.114. The molecule has 140 valence electrons. The van der Waals surface area contributed by atoms with Gasteiger partial charge in [-0.3, -0.25) is 0 Å². The second-order valence-corrected chi connectivity index (χ2v) is 6.98. The van der Waals surface area contributed by atoms with E-state index >= 15 is 0 Å². The molecule has 1 fully saturated rings. The first-order valence-electron chi connectivity index (χ1n) is 9.03. The van der Waals surface area contributed by atoms with Crippen LogP contribution >= 0.6 is 0 Å². The maximum Gasteiger partial charge on any atom is 0.322 e. The van der Waals surface area contributed by atoms with E-state index in [0.717, 1.165) is 26.0 Å². The molecule has 2 amide bonds. The molecule has 0 saturated carbocycles. The Labute approximate surface area is 151 Å². The molecule has 25 heavy (non-hydrogen) atoms. The highest BCUT2D eigenvalue weighted by molar-refractivity contribution is 5.91. The Balaban J connectivity index is 2.04. The molecule has 0 aliphatic carbocycles. The lowest BCUT2D eigenvalue weighted by Gasteiger charge is -2.27. The molecule has 1 N–H and O–H groups in total. The number of para-hydroxylation sites is 2. The summed E-state index contributed by atoms with van der Waals surface area (Å²) in [6, 6.07) is 7.43. The van der Waals surface area contributed by atoms with Crippen LogP contribution in [0.1, 0.15) is 26.7 Å². The molecular weight excluding hydrogens is 318 g/mol. The molecule has 2 rings (SSSR count). The maximum atomic E-state index is 12.8. The van der Waals surface area contributed by atoms with Crippen molar-refractivity contribution in [2.75, 3.05) is 45.7 Å². The molecule has 1 aliphatic rings. The Morgan fingerprint density at radius 1 is 1.32 bits per heavy atom. The largest absolute Gasteiger partial charge is 0.489 e. The van der Waals surface area contributed by atoms with Gasteiger partial charge in [0.1, 0.15) is 5.75 Å². The van der Waals surface area contributed by atoms with E-state index in [9.17, 15) is 4.79 Å². The molecule has 6 nitrogen and oxygen atoms in total. The first-order chi connectivity index (χ1) is 12.0. The van der Waals surface area contributed by atoms with E-state index in [2.05, 4.69) is 10.2 Å². The van der Waals surface area contributed by atoms with Crippen molar-refractivity contribution < 1.29 is 14.3 Å². The fourth-order valence-corrected chi connectivity index (χ4v) is 2.75. The summed E-state index contributed by atoms with van der Waals surface area (Å²) in [5.41, 5.74) is 0.698. The molecule has 1 aromatic carbocycles. The summed E-state index contributed by atoms with van der Waals surface area (Å²) in [6.45, 7) is 6.82. The predicted molar refractivity (Wildman–Crippen MR) is 100 cm³/mol. The lowest BCUT2D eigenvalue weighted by atomic mass is 10.2. The first-order valence-corrected chi connectivity index (χ1v) is 9.03. The Morgan fingerprint density at radius 2 is 2.08 bits per heavy atom. The van der Waals surface area contributed by atoms with Gasteiger partial charge in [-0.1, -0.05) is 12.1 Å². The number of nitrogens with one attached hydrogen (secondary N) is 1. The summed E-state index contributed by atoms with van der Waals surface area (Å²) in [5.74, 6) is 0.690.